The van der Waals surface area contributed by atoms with Gasteiger partial charge in [0.25, 0.3) is 5.69 Å². The van der Waals surface area contributed by atoms with Gasteiger partial charge in [-0.3, -0.25) is 10.1 Å². The summed E-state index contributed by atoms with van der Waals surface area (Å²) in [6.07, 6.45) is 1.36. The second kappa shape index (κ2) is 7.74. The van der Waals surface area contributed by atoms with Crippen LogP contribution in [0.25, 0.3) is 0 Å². The summed E-state index contributed by atoms with van der Waals surface area (Å²) in [5, 5.41) is 11.1. The van der Waals surface area contributed by atoms with Gasteiger partial charge in [-0.1, -0.05) is 20.8 Å². The summed E-state index contributed by atoms with van der Waals surface area (Å²) in [6.45, 7) is 12.5. The lowest BCUT2D eigenvalue weighted by molar-refractivity contribution is -0.385. The van der Waals surface area contributed by atoms with Crippen LogP contribution in [0.15, 0.2) is 18.2 Å². The first-order chi connectivity index (χ1) is 12.4. The number of nitrogens with zero attached hydrogens (tertiary/aromatic N) is 2. The molecule has 0 radical (unpaired) electrons. The number of carbonyl (C=O) groups is 1. The van der Waals surface area contributed by atoms with E-state index in [9.17, 15) is 14.9 Å². The van der Waals surface area contributed by atoms with Crippen molar-refractivity contribution in [2.75, 3.05) is 13.2 Å². The Morgan fingerprint density at radius 3 is 2.48 bits per heavy atom. The first-order valence-corrected chi connectivity index (χ1v) is 9.30. The maximum Gasteiger partial charge on any atom is 0.410 e. The second-order valence-electron chi connectivity index (χ2n) is 8.97. The lowest BCUT2D eigenvalue weighted by Crippen LogP contribution is -2.42. The fraction of sp³-hybridized carbons (Fsp3) is 0.650. The number of nitro benzene ring substituents is 1. The minimum absolute atomic E-state index is 0.00609. The number of likely N-dealkylation sites (tertiary alicyclic amines) is 1. The second-order valence-corrected chi connectivity index (χ2v) is 8.97. The van der Waals surface area contributed by atoms with E-state index in [0.29, 0.717) is 12.3 Å². The first kappa shape index (κ1) is 21.0. The number of ether oxygens (including phenoxy) is 2. The number of rotatable bonds is 4. The monoisotopic (exact) mass is 378 g/mol. The summed E-state index contributed by atoms with van der Waals surface area (Å²) in [5.74, 6) is 0.493. The summed E-state index contributed by atoms with van der Waals surface area (Å²) in [4.78, 5) is 24.8. The third-order valence-electron chi connectivity index (χ3n) is 4.42. The number of amides is 1. The molecule has 0 saturated carbocycles. The van der Waals surface area contributed by atoms with Gasteiger partial charge >= 0.3 is 6.09 Å². The summed E-state index contributed by atoms with van der Waals surface area (Å²) in [6, 6.07) is 4.60. The molecule has 0 unspecified atom stereocenters. The van der Waals surface area contributed by atoms with Gasteiger partial charge in [0.05, 0.1) is 17.0 Å². The van der Waals surface area contributed by atoms with Crippen molar-refractivity contribution in [3.05, 3.63) is 33.9 Å². The largest absolute Gasteiger partial charge is 0.491 e. The highest BCUT2D eigenvalue weighted by atomic mass is 16.6. The molecule has 1 fully saturated rings. The van der Waals surface area contributed by atoms with E-state index in [0.717, 1.165) is 18.4 Å². The molecule has 1 aromatic rings. The van der Waals surface area contributed by atoms with E-state index in [-0.39, 0.29) is 29.8 Å². The van der Waals surface area contributed by atoms with Crippen molar-refractivity contribution in [2.45, 2.75) is 71.4 Å². The van der Waals surface area contributed by atoms with Gasteiger partial charge in [-0.25, -0.2) is 4.79 Å². The van der Waals surface area contributed by atoms with E-state index >= 15 is 0 Å². The number of benzene rings is 1. The number of carbonyl (C=O) groups excluding carboxylic acids is 1. The topological polar surface area (TPSA) is 81.9 Å². The SMILES string of the molecule is CC(C)(C)OC(=O)N1CCC[C@@H]1COc1cc([N+](=O)[O-])ccc1C(C)(C)C. The van der Waals surface area contributed by atoms with Crippen LogP contribution in [0.1, 0.15) is 59.9 Å². The fourth-order valence-electron chi connectivity index (χ4n) is 3.12. The van der Waals surface area contributed by atoms with Crippen molar-refractivity contribution < 1.29 is 19.2 Å². The van der Waals surface area contributed by atoms with E-state index in [1.165, 1.54) is 12.1 Å². The highest BCUT2D eigenvalue weighted by Gasteiger charge is 2.33. The molecule has 1 amide bonds. The van der Waals surface area contributed by atoms with Crippen molar-refractivity contribution >= 4 is 11.8 Å². The van der Waals surface area contributed by atoms with Gasteiger partial charge in [0.1, 0.15) is 18.0 Å². The molecule has 150 valence electrons. The predicted octanol–water partition coefficient (Wildman–Crippen LogP) is 4.67. The normalized spacial score (nSPS) is 17.7. The molecule has 7 nitrogen and oxygen atoms in total. The van der Waals surface area contributed by atoms with Crippen molar-refractivity contribution in [1.29, 1.82) is 0 Å². The Bertz CT molecular complexity index is 703. The summed E-state index contributed by atoms with van der Waals surface area (Å²) in [5.41, 5.74) is 0.124. The Kier molecular flexibility index (Phi) is 6.02. The molecule has 1 aliphatic heterocycles. The molecule has 1 aromatic carbocycles. The maximum absolute atomic E-state index is 12.4. The standard InChI is InChI=1S/C20H30N2O5/c1-19(2,3)16-10-9-14(22(24)25)12-17(16)26-13-15-8-7-11-21(15)18(23)27-20(4,5)6/h9-10,12,15H,7-8,11,13H2,1-6H3/t15-/m1/s1. The van der Waals surface area contributed by atoms with E-state index < -0.39 is 10.5 Å². The molecular weight excluding hydrogens is 348 g/mol. The Balaban J connectivity index is 2.16. The summed E-state index contributed by atoms with van der Waals surface area (Å²) >= 11 is 0. The fourth-order valence-corrected chi connectivity index (χ4v) is 3.12. The van der Waals surface area contributed by atoms with Gasteiger partial charge < -0.3 is 14.4 Å². The Morgan fingerprint density at radius 1 is 1.26 bits per heavy atom. The van der Waals surface area contributed by atoms with Gasteiger partial charge in [-0.05, 0) is 50.7 Å². The molecule has 0 spiro atoms. The zero-order chi connectivity index (χ0) is 20.4. The van der Waals surface area contributed by atoms with Crippen molar-refractivity contribution in [3.63, 3.8) is 0 Å². The highest BCUT2D eigenvalue weighted by molar-refractivity contribution is 5.69. The summed E-state index contributed by atoms with van der Waals surface area (Å²) < 4.78 is 11.5. The van der Waals surface area contributed by atoms with Crippen LogP contribution in [0.4, 0.5) is 10.5 Å². The molecule has 1 saturated heterocycles. The average molecular weight is 378 g/mol. The van der Waals surface area contributed by atoms with Gasteiger partial charge in [-0.15, -0.1) is 0 Å². The highest BCUT2D eigenvalue weighted by Crippen LogP contribution is 2.34. The van der Waals surface area contributed by atoms with Crippen molar-refractivity contribution in [3.8, 4) is 5.75 Å². The molecule has 0 aromatic heterocycles. The Labute approximate surface area is 160 Å². The van der Waals surface area contributed by atoms with Crippen molar-refractivity contribution in [2.24, 2.45) is 0 Å². The van der Waals surface area contributed by atoms with E-state index in [1.807, 2.05) is 41.5 Å². The van der Waals surface area contributed by atoms with Gasteiger partial charge in [0.2, 0.25) is 0 Å². The van der Waals surface area contributed by atoms with E-state index in [4.69, 9.17) is 9.47 Å². The van der Waals surface area contributed by atoms with Crippen LogP contribution in [-0.4, -0.2) is 40.7 Å². The quantitative estimate of drug-likeness (QED) is 0.562. The molecule has 0 N–H and O–H groups in total. The zero-order valence-corrected chi connectivity index (χ0v) is 17.1. The molecule has 7 heteroatoms. The molecule has 27 heavy (non-hydrogen) atoms. The van der Waals surface area contributed by atoms with Crippen LogP contribution < -0.4 is 4.74 Å². The third kappa shape index (κ3) is 5.58. The zero-order valence-electron chi connectivity index (χ0n) is 17.1. The number of hydrogen-bond donors (Lipinski definition) is 0. The van der Waals surface area contributed by atoms with Gasteiger partial charge in [0, 0.05) is 12.6 Å². The number of nitro groups is 1. The van der Waals surface area contributed by atoms with Crippen LogP contribution in [-0.2, 0) is 10.2 Å². The number of non-ortho nitro benzene ring substituents is 1. The molecule has 1 aliphatic rings. The van der Waals surface area contributed by atoms with Crippen LogP contribution >= 0.6 is 0 Å². The minimum Gasteiger partial charge on any atom is -0.491 e. The van der Waals surface area contributed by atoms with Crippen LogP contribution in [0.2, 0.25) is 0 Å². The third-order valence-corrected chi connectivity index (χ3v) is 4.42. The van der Waals surface area contributed by atoms with Crippen LogP contribution in [0.5, 0.6) is 5.75 Å². The van der Waals surface area contributed by atoms with Crippen LogP contribution in [0, 0.1) is 10.1 Å². The maximum atomic E-state index is 12.4. The first-order valence-electron chi connectivity index (χ1n) is 9.30. The Hall–Kier alpha value is -2.31. The van der Waals surface area contributed by atoms with E-state index in [1.54, 1.807) is 11.0 Å². The van der Waals surface area contributed by atoms with E-state index in [2.05, 4.69) is 0 Å². The molecule has 0 aliphatic carbocycles. The molecule has 1 atom stereocenters. The molecule has 1 heterocycles. The van der Waals surface area contributed by atoms with Gasteiger partial charge in [0.15, 0.2) is 0 Å². The average Bonchev–Trinajstić information content (AvgIpc) is 2.98. The van der Waals surface area contributed by atoms with Gasteiger partial charge in [-0.2, -0.15) is 0 Å². The molecule has 0 bridgehead atoms. The smallest absolute Gasteiger partial charge is 0.410 e. The van der Waals surface area contributed by atoms with Crippen molar-refractivity contribution in [1.82, 2.24) is 4.90 Å². The minimum atomic E-state index is -0.551. The molecular formula is C20H30N2O5. The Morgan fingerprint density at radius 2 is 1.93 bits per heavy atom. The number of hydrogen-bond acceptors (Lipinski definition) is 5. The molecule has 2 rings (SSSR count). The summed E-state index contributed by atoms with van der Waals surface area (Å²) in [7, 11) is 0. The lowest BCUT2D eigenvalue weighted by Gasteiger charge is -2.29. The lowest BCUT2D eigenvalue weighted by atomic mass is 9.86. The van der Waals surface area contributed by atoms with Crippen LogP contribution in [0.3, 0.4) is 0 Å². The predicted molar refractivity (Wildman–Crippen MR) is 103 cm³/mol.